The van der Waals surface area contributed by atoms with Crippen LogP contribution in [0.25, 0.3) is 0 Å². The van der Waals surface area contributed by atoms with E-state index in [9.17, 15) is 4.79 Å². The summed E-state index contributed by atoms with van der Waals surface area (Å²) in [6.07, 6.45) is 0.342. The third-order valence-corrected chi connectivity index (χ3v) is 5.20. The molecule has 6 nitrogen and oxygen atoms in total. The first-order chi connectivity index (χ1) is 12.6. The van der Waals surface area contributed by atoms with E-state index >= 15 is 0 Å². The van der Waals surface area contributed by atoms with Crippen molar-refractivity contribution in [1.82, 2.24) is 0 Å². The molecule has 7 heteroatoms. The Balaban J connectivity index is 1.83. The van der Waals surface area contributed by atoms with Crippen LogP contribution in [0.4, 0.5) is 5.69 Å². The first kappa shape index (κ1) is 17.0. The Morgan fingerprint density at radius 3 is 2.50 bits per heavy atom. The van der Waals surface area contributed by atoms with Crippen LogP contribution < -0.4 is 24.3 Å². The second-order valence-electron chi connectivity index (χ2n) is 6.13. The predicted molar refractivity (Wildman–Crippen MR) is 99.8 cm³/mol. The summed E-state index contributed by atoms with van der Waals surface area (Å²) in [5.74, 6) is 2.44. The Labute approximate surface area is 159 Å². The molecule has 0 radical (unpaired) electrons. The average Bonchev–Trinajstić information content (AvgIpc) is 2.65. The number of anilines is 1. The normalized spacial score (nSPS) is 18.0. The molecule has 26 heavy (non-hydrogen) atoms. The molecule has 1 atom stereocenters. The summed E-state index contributed by atoms with van der Waals surface area (Å²) < 4.78 is 23.0. The zero-order chi connectivity index (χ0) is 18.3. The molecule has 2 aromatic carbocycles. The fourth-order valence-corrected chi connectivity index (χ4v) is 4.06. The lowest BCUT2D eigenvalue weighted by molar-refractivity contribution is -0.116. The van der Waals surface area contributed by atoms with Crippen molar-refractivity contribution >= 4 is 27.5 Å². The molecule has 2 heterocycles. The fraction of sp³-hybridized carbons (Fsp3) is 0.316. The fourth-order valence-electron chi connectivity index (χ4n) is 3.43. The van der Waals surface area contributed by atoms with E-state index in [-0.39, 0.29) is 11.8 Å². The number of rotatable bonds is 3. The van der Waals surface area contributed by atoms with Gasteiger partial charge in [-0.15, -0.1) is 0 Å². The monoisotopic (exact) mass is 419 g/mol. The number of fused-ring (bicyclic) bond motifs is 2. The minimum absolute atomic E-state index is 0.0370. The van der Waals surface area contributed by atoms with Crippen LogP contribution in [0.5, 0.6) is 23.0 Å². The third kappa shape index (κ3) is 2.86. The van der Waals surface area contributed by atoms with Crippen molar-refractivity contribution in [3.05, 3.63) is 39.9 Å². The minimum atomic E-state index is -0.120. The summed E-state index contributed by atoms with van der Waals surface area (Å²) in [5.41, 5.74) is 2.71. The third-order valence-electron chi connectivity index (χ3n) is 4.61. The standard InChI is InChI=1S/C19H18BrNO5/c1-23-17-6-10(5-13(20)19(17)24-2)11-8-18(22)21-14-9-16-15(7-12(11)14)25-3-4-26-16/h5-7,9,11H,3-4,8H2,1-2H3,(H,21,22)/t11-/m0/s1. The molecule has 0 spiro atoms. The maximum atomic E-state index is 12.3. The van der Waals surface area contributed by atoms with Crippen LogP contribution >= 0.6 is 15.9 Å². The topological polar surface area (TPSA) is 66.0 Å². The van der Waals surface area contributed by atoms with Gasteiger partial charge in [-0.05, 0) is 45.3 Å². The molecule has 2 aliphatic heterocycles. The molecule has 0 saturated carbocycles. The molecule has 0 unspecified atom stereocenters. The van der Waals surface area contributed by atoms with Gasteiger partial charge < -0.3 is 24.3 Å². The summed E-state index contributed by atoms with van der Waals surface area (Å²) in [6.45, 7) is 1.02. The molecule has 0 fully saturated rings. The lowest BCUT2D eigenvalue weighted by Crippen LogP contribution is -2.25. The van der Waals surface area contributed by atoms with Crippen LogP contribution in [0, 0.1) is 0 Å². The molecule has 0 bridgehead atoms. The number of nitrogens with one attached hydrogen (secondary N) is 1. The predicted octanol–water partition coefficient (Wildman–Crippen LogP) is 3.71. The van der Waals surface area contributed by atoms with Gasteiger partial charge in [0, 0.05) is 24.1 Å². The van der Waals surface area contributed by atoms with Crippen LogP contribution in [-0.4, -0.2) is 33.3 Å². The van der Waals surface area contributed by atoms with Crippen molar-refractivity contribution in [3.8, 4) is 23.0 Å². The van der Waals surface area contributed by atoms with Crippen molar-refractivity contribution in [2.45, 2.75) is 12.3 Å². The van der Waals surface area contributed by atoms with Gasteiger partial charge in [0.15, 0.2) is 23.0 Å². The number of methoxy groups -OCH3 is 2. The Morgan fingerprint density at radius 1 is 1.08 bits per heavy atom. The van der Waals surface area contributed by atoms with Crippen LogP contribution in [0.3, 0.4) is 0 Å². The zero-order valence-electron chi connectivity index (χ0n) is 14.4. The van der Waals surface area contributed by atoms with E-state index in [1.807, 2.05) is 24.3 Å². The van der Waals surface area contributed by atoms with E-state index < -0.39 is 0 Å². The first-order valence-corrected chi connectivity index (χ1v) is 9.05. The second kappa shape index (κ2) is 6.72. The van der Waals surface area contributed by atoms with Crippen molar-refractivity contribution in [2.75, 3.05) is 32.8 Å². The molecule has 4 rings (SSSR count). The lowest BCUT2D eigenvalue weighted by Gasteiger charge is -2.29. The van der Waals surface area contributed by atoms with Crippen LogP contribution in [0.15, 0.2) is 28.7 Å². The average molecular weight is 420 g/mol. The number of amides is 1. The van der Waals surface area contributed by atoms with Gasteiger partial charge in [0.2, 0.25) is 5.91 Å². The lowest BCUT2D eigenvalue weighted by atomic mass is 9.84. The quantitative estimate of drug-likeness (QED) is 0.820. The van der Waals surface area contributed by atoms with E-state index in [1.54, 1.807) is 14.2 Å². The highest BCUT2D eigenvalue weighted by molar-refractivity contribution is 9.10. The molecule has 2 aliphatic rings. The number of benzene rings is 2. The van der Waals surface area contributed by atoms with Gasteiger partial charge in [-0.1, -0.05) is 0 Å². The maximum absolute atomic E-state index is 12.3. The highest BCUT2D eigenvalue weighted by Crippen LogP contribution is 2.46. The highest BCUT2D eigenvalue weighted by Gasteiger charge is 2.30. The number of hydrogen-bond donors (Lipinski definition) is 1. The smallest absolute Gasteiger partial charge is 0.225 e. The Hall–Kier alpha value is -2.41. The number of carbonyl (C=O) groups is 1. The Morgan fingerprint density at radius 2 is 1.81 bits per heavy atom. The van der Waals surface area contributed by atoms with Crippen molar-refractivity contribution in [2.24, 2.45) is 0 Å². The van der Waals surface area contributed by atoms with Crippen LogP contribution in [-0.2, 0) is 4.79 Å². The van der Waals surface area contributed by atoms with E-state index in [4.69, 9.17) is 18.9 Å². The molecule has 0 aromatic heterocycles. The van der Waals surface area contributed by atoms with E-state index in [2.05, 4.69) is 21.2 Å². The molecular weight excluding hydrogens is 402 g/mol. The molecular formula is C19H18BrNO5. The van der Waals surface area contributed by atoms with Gasteiger partial charge in [0.05, 0.1) is 18.7 Å². The first-order valence-electron chi connectivity index (χ1n) is 8.25. The van der Waals surface area contributed by atoms with E-state index in [1.165, 1.54) is 0 Å². The second-order valence-corrected chi connectivity index (χ2v) is 6.98. The molecule has 2 aromatic rings. The molecule has 136 valence electrons. The van der Waals surface area contributed by atoms with Gasteiger partial charge in [-0.3, -0.25) is 4.79 Å². The van der Waals surface area contributed by atoms with Crippen molar-refractivity contribution in [3.63, 3.8) is 0 Å². The number of ether oxygens (including phenoxy) is 4. The van der Waals surface area contributed by atoms with Crippen molar-refractivity contribution < 1.29 is 23.7 Å². The van der Waals surface area contributed by atoms with Crippen LogP contribution in [0.1, 0.15) is 23.5 Å². The maximum Gasteiger partial charge on any atom is 0.225 e. The van der Waals surface area contributed by atoms with Gasteiger partial charge in [-0.25, -0.2) is 0 Å². The summed E-state index contributed by atoms with van der Waals surface area (Å²) in [5, 5.41) is 2.93. The largest absolute Gasteiger partial charge is 0.493 e. The van der Waals surface area contributed by atoms with Gasteiger partial charge >= 0.3 is 0 Å². The number of hydrogen-bond acceptors (Lipinski definition) is 5. The molecule has 1 amide bonds. The van der Waals surface area contributed by atoms with Gasteiger partial charge in [0.25, 0.3) is 0 Å². The molecule has 0 aliphatic carbocycles. The Bertz CT molecular complexity index is 883. The Kier molecular flexibility index (Phi) is 4.40. The summed E-state index contributed by atoms with van der Waals surface area (Å²) in [7, 11) is 3.19. The van der Waals surface area contributed by atoms with Gasteiger partial charge in [0.1, 0.15) is 13.2 Å². The summed E-state index contributed by atoms with van der Waals surface area (Å²) >= 11 is 3.53. The number of halogens is 1. The molecule has 1 N–H and O–H groups in total. The molecule has 0 saturated heterocycles. The summed E-state index contributed by atoms with van der Waals surface area (Å²) in [6, 6.07) is 7.67. The van der Waals surface area contributed by atoms with E-state index in [0.717, 1.165) is 21.3 Å². The van der Waals surface area contributed by atoms with Crippen molar-refractivity contribution in [1.29, 1.82) is 0 Å². The minimum Gasteiger partial charge on any atom is -0.493 e. The number of carbonyl (C=O) groups excluding carboxylic acids is 1. The van der Waals surface area contributed by atoms with Gasteiger partial charge in [-0.2, -0.15) is 0 Å². The van der Waals surface area contributed by atoms with Crippen LogP contribution in [0.2, 0.25) is 0 Å². The van der Waals surface area contributed by atoms with E-state index in [0.29, 0.717) is 42.6 Å². The SMILES string of the molecule is COc1cc([C@@H]2CC(=O)Nc3cc4c(cc32)OCCO4)cc(Br)c1OC. The summed E-state index contributed by atoms with van der Waals surface area (Å²) in [4.78, 5) is 12.3. The zero-order valence-corrected chi connectivity index (χ0v) is 16.0. The highest BCUT2D eigenvalue weighted by atomic mass is 79.9.